The van der Waals surface area contributed by atoms with E-state index in [1.165, 1.54) is 66.3 Å². The van der Waals surface area contributed by atoms with E-state index < -0.39 is 0 Å². The fourth-order valence-electron chi connectivity index (χ4n) is 4.36. The van der Waals surface area contributed by atoms with Crippen molar-refractivity contribution in [2.45, 2.75) is 51.4 Å². The summed E-state index contributed by atoms with van der Waals surface area (Å²) in [5.74, 6) is 0.918. The zero-order chi connectivity index (χ0) is 18.3. The van der Waals surface area contributed by atoms with E-state index >= 15 is 0 Å². The second-order valence-electron chi connectivity index (χ2n) is 8.18. The van der Waals surface area contributed by atoms with Crippen LogP contribution < -0.4 is 0 Å². The van der Waals surface area contributed by atoms with Crippen LogP contribution in [0.25, 0.3) is 0 Å². The standard InChI is InChI=1S/C27H30/c1-3-7-22(8-4-1)19-24-11-15-26(16-12-24)21-27-17-13-25(14-18-27)20-23-9-5-2-6-10-23/h1,3-4,7-8,11-18,23H,2,5-6,9-10,19-21H2. The van der Waals surface area contributed by atoms with Gasteiger partial charge in [-0.25, -0.2) is 0 Å². The number of rotatable bonds is 6. The van der Waals surface area contributed by atoms with Gasteiger partial charge in [-0.05, 0) is 53.0 Å². The van der Waals surface area contributed by atoms with Gasteiger partial charge in [0, 0.05) is 0 Å². The average Bonchev–Trinajstić information content (AvgIpc) is 2.73. The lowest BCUT2D eigenvalue weighted by molar-refractivity contribution is 0.356. The molecule has 1 saturated carbocycles. The van der Waals surface area contributed by atoms with Crippen LogP contribution in [-0.4, -0.2) is 0 Å². The molecular weight excluding hydrogens is 324 g/mol. The first-order chi connectivity index (χ1) is 13.3. The van der Waals surface area contributed by atoms with Crippen molar-refractivity contribution < 1.29 is 0 Å². The van der Waals surface area contributed by atoms with Crippen LogP contribution >= 0.6 is 0 Å². The molecule has 0 saturated heterocycles. The first-order valence-corrected chi connectivity index (χ1v) is 10.5. The molecule has 1 aliphatic rings. The number of benzene rings is 3. The van der Waals surface area contributed by atoms with Crippen molar-refractivity contribution in [3.63, 3.8) is 0 Å². The lowest BCUT2D eigenvalue weighted by Gasteiger charge is -2.21. The van der Waals surface area contributed by atoms with E-state index in [0.717, 1.165) is 18.8 Å². The van der Waals surface area contributed by atoms with Crippen LogP contribution in [0.1, 0.15) is 59.9 Å². The molecule has 0 aliphatic heterocycles. The zero-order valence-electron chi connectivity index (χ0n) is 16.2. The minimum atomic E-state index is 0.918. The maximum Gasteiger partial charge on any atom is -0.00258 e. The van der Waals surface area contributed by atoms with E-state index in [4.69, 9.17) is 0 Å². The molecule has 1 aliphatic carbocycles. The van der Waals surface area contributed by atoms with Gasteiger partial charge in [0.15, 0.2) is 0 Å². The Labute approximate surface area is 164 Å². The fraction of sp³-hybridized carbons (Fsp3) is 0.333. The van der Waals surface area contributed by atoms with Gasteiger partial charge in [0.2, 0.25) is 0 Å². The summed E-state index contributed by atoms with van der Waals surface area (Å²) < 4.78 is 0. The van der Waals surface area contributed by atoms with Crippen LogP contribution in [0.5, 0.6) is 0 Å². The smallest absolute Gasteiger partial charge is 0.00258 e. The van der Waals surface area contributed by atoms with Crippen LogP contribution in [0.4, 0.5) is 0 Å². The van der Waals surface area contributed by atoms with E-state index in [-0.39, 0.29) is 0 Å². The van der Waals surface area contributed by atoms with Gasteiger partial charge >= 0.3 is 0 Å². The Kier molecular flexibility index (Phi) is 6.04. The molecule has 3 aromatic carbocycles. The summed E-state index contributed by atoms with van der Waals surface area (Å²) in [6.07, 6.45) is 10.5. The number of hydrogen-bond acceptors (Lipinski definition) is 0. The average molecular weight is 355 g/mol. The topological polar surface area (TPSA) is 0 Å². The Hall–Kier alpha value is -2.34. The maximum absolute atomic E-state index is 2.35. The highest BCUT2D eigenvalue weighted by atomic mass is 14.2. The Morgan fingerprint density at radius 2 is 0.926 bits per heavy atom. The molecule has 0 heteroatoms. The van der Waals surface area contributed by atoms with Gasteiger partial charge in [-0.1, -0.05) is 111 Å². The van der Waals surface area contributed by atoms with Gasteiger partial charge in [0.05, 0.1) is 0 Å². The van der Waals surface area contributed by atoms with E-state index in [1.807, 2.05) is 0 Å². The summed E-state index contributed by atoms with van der Waals surface area (Å²) in [7, 11) is 0. The Bertz CT molecular complexity index is 806. The molecule has 138 valence electrons. The molecule has 0 radical (unpaired) electrons. The Morgan fingerprint density at radius 3 is 1.44 bits per heavy atom. The third-order valence-corrected chi connectivity index (χ3v) is 5.95. The Morgan fingerprint density at radius 1 is 0.481 bits per heavy atom. The van der Waals surface area contributed by atoms with Crippen molar-refractivity contribution in [1.82, 2.24) is 0 Å². The van der Waals surface area contributed by atoms with Gasteiger partial charge in [0.1, 0.15) is 0 Å². The second-order valence-corrected chi connectivity index (χ2v) is 8.18. The van der Waals surface area contributed by atoms with Crippen LogP contribution in [0.2, 0.25) is 0 Å². The normalized spacial score (nSPS) is 15.0. The quantitative estimate of drug-likeness (QED) is 0.447. The molecule has 1 fully saturated rings. The maximum atomic E-state index is 2.35. The summed E-state index contributed by atoms with van der Waals surface area (Å²) in [6.45, 7) is 0. The van der Waals surface area contributed by atoms with Crippen molar-refractivity contribution >= 4 is 0 Å². The van der Waals surface area contributed by atoms with Gasteiger partial charge in [-0.15, -0.1) is 0 Å². The highest BCUT2D eigenvalue weighted by molar-refractivity contribution is 5.32. The lowest BCUT2D eigenvalue weighted by Crippen LogP contribution is -2.09. The predicted molar refractivity (Wildman–Crippen MR) is 115 cm³/mol. The minimum Gasteiger partial charge on any atom is -0.0622 e. The molecule has 0 N–H and O–H groups in total. The SMILES string of the molecule is c1ccc(Cc2ccc(Cc3ccc(CC4CCCCC4)cc3)cc2)cc1. The molecule has 3 aromatic rings. The molecule has 0 spiro atoms. The molecular formula is C27H30. The third kappa shape index (κ3) is 5.32. The van der Waals surface area contributed by atoms with Crippen molar-refractivity contribution in [1.29, 1.82) is 0 Å². The third-order valence-electron chi connectivity index (χ3n) is 5.95. The first-order valence-electron chi connectivity index (χ1n) is 10.5. The van der Waals surface area contributed by atoms with Gasteiger partial charge in [-0.3, -0.25) is 0 Å². The van der Waals surface area contributed by atoms with Gasteiger partial charge in [0.25, 0.3) is 0 Å². The van der Waals surface area contributed by atoms with Crippen LogP contribution in [-0.2, 0) is 19.3 Å². The molecule has 0 amide bonds. The van der Waals surface area contributed by atoms with Gasteiger partial charge in [-0.2, -0.15) is 0 Å². The summed E-state index contributed by atoms with van der Waals surface area (Å²) in [4.78, 5) is 0. The van der Waals surface area contributed by atoms with Gasteiger partial charge < -0.3 is 0 Å². The molecule has 0 bridgehead atoms. The molecule has 0 nitrogen and oxygen atoms in total. The van der Waals surface area contributed by atoms with Crippen LogP contribution in [0.3, 0.4) is 0 Å². The van der Waals surface area contributed by atoms with Crippen LogP contribution in [0, 0.1) is 5.92 Å². The van der Waals surface area contributed by atoms with Crippen molar-refractivity contribution in [3.05, 3.63) is 107 Å². The summed E-state index contributed by atoms with van der Waals surface area (Å²) in [6, 6.07) is 29.2. The fourth-order valence-corrected chi connectivity index (χ4v) is 4.36. The monoisotopic (exact) mass is 354 g/mol. The van der Waals surface area contributed by atoms with Crippen molar-refractivity contribution in [3.8, 4) is 0 Å². The second kappa shape index (κ2) is 9.04. The van der Waals surface area contributed by atoms with E-state index in [0.29, 0.717) is 0 Å². The predicted octanol–water partition coefficient (Wildman–Crippen LogP) is 6.99. The molecule has 0 heterocycles. The molecule has 0 atom stereocenters. The van der Waals surface area contributed by atoms with Crippen molar-refractivity contribution in [2.24, 2.45) is 5.92 Å². The Balaban J connectivity index is 1.33. The summed E-state index contributed by atoms with van der Waals surface area (Å²) in [5.41, 5.74) is 7.08. The van der Waals surface area contributed by atoms with Crippen LogP contribution in [0.15, 0.2) is 78.9 Å². The largest absolute Gasteiger partial charge is 0.0622 e. The summed E-state index contributed by atoms with van der Waals surface area (Å²) in [5, 5.41) is 0. The lowest BCUT2D eigenvalue weighted by atomic mass is 9.85. The minimum absolute atomic E-state index is 0.918. The zero-order valence-corrected chi connectivity index (χ0v) is 16.2. The molecule has 27 heavy (non-hydrogen) atoms. The molecule has 4 rings (SSSR count). The summed E-state index contributed by atoms with van der Waals surface area (Å²) >= 11 is 0. The van der Waals surface area contributed by atoms with E-state index in [2.05, 4.69) is 78.9 Å². The van der Waals surface area contributed by atoms with E-state index in [1.54, 1.807) is 0 Å². The molecule has 0 aromatic heterocycles. The van der Waals surface area contributed by atoms with Crippen molar-refractivity contribution in [2.75, 3.05) is 0 Å². The first kappa shape index (κ1) is 18.0. The highest BCUT2D eigenvalue weighted by Crippen LogP contribution is 2.27. The number of hydrogen-bond donors (Lipinski definition) is 0. The highest BCUT2D eigenvalue weighted by Gasteiger charge is 2.13. The molecule has 0 unspecified atom stereocenters. The van der Waals surface area contributed by atoms with E-state index in [9.17, 15) is 0 Å².